The molecule has 2 aliphatic rings. The summed E-state index contributed by atoms with van der Waals surface area (Å²) in [6.07, 6.45) is 6.01. The largest absolute Gasteiger partial charge is 0.393 e. The normalized spacial score (nSPS) is 34.6. The highest BCUT2D eigenvalue weighted by Crippen LogP contribution is 2.32. The monoisotopic (exact) mass is 268 g/mol. The van der Waals surface area contributed by atoms with Crippen LogP contribution in [0.3, 0.4) is 0 Å². The molecule has 0 amide bonds. The van der Waals surface area contributed by atoms with Gasteiger partial charge in [0.1, 0.15) is 0 Å². The molecule has 0 radical (unpaired) electrons. The van der Waals surface area contributed by atoms with Crippen LogP contribution in [0.5, 0.6) is 0 Å². The van der Waals surface area contributed by atoms with Crippen molar-refractivity contribution in [1.82, 2.24) is 9.80 Å². The standard InChI is InChI=1S/C16H32N2O/c1-3-7-17-8-10-18(11-9-17)13-15-12-14(4-2)5-6-16(15)19/h14-16,19H,3-13H2,1-2H3. The van der Waals surface area contributed by atoms with E-state index >= 15 is 0 Å². The van der Waals surface area contributed by atoms with E-state index in [0.717, 1.165) is 18.9 Å². The molecule has 0 aromatic heterocycles. The lowest BCUT2D eigenvalue weighted by Crippen LogP contribution is -2.49. The molecule has 112 valence electrons. The molecule has 0 aromatic carbocycles. The summed E-state index contributed by atoms with van der Waals surface area (Å²) in [5, 5.41) is 10.2. The first-order chi connectivity index (χ1) is 9.22. The lowest BCUT2D eigenvalue weighted by molar-refractivity contribution is 0.0163. The van der Waals surface area contributed by atoms with E-state index in [-0.39, 0.29) is 6.10 Å². The first kappa shape index (κ1) is 15.3. The fraction of sp³-hybridized carbons (Fsp3) is 1.00. The van der Waals surface area contributed by atoms with Crippen LogP contribution in [-0.2, 0) is 0 Å². The molecule has 3 nitrogen and oxygen atoms in total. The number of aliphatic hydroxyl groups excluding tert-OH is 1. The second-order valence-electron chi connectivity index (χ2n) is 6.56. The van der Waals surface area contributed by atoms with Crippen LogP contribution >= 0.6 is 0 Å². The molecular formula is C16H32N2O. The van der Waals surface area contributed by atoms with Crippen LogP contribution in [0.4, 0.5) is 0 Å². The average molecular weight is 268 g/mol. The zero-order chi connectivity index (χ0) is 13.7. The van der Waals surface area contributed by atoms with Gasteiger partial charge in [0.25, 0.3) is 0 Å². The van der Waals surface area contributed by atoms with E-state index in [4.69, 9.17) is 0 Å². The van der Waals surface area contributed by atoms with Gasteiger partial charge >= 0.3 is 0 Å². The highest BCUT2D eigenvalue weighted by atomic mass is 16.3. The van der Waals surface area contributed by atoms with E-state index in [9.17, 15) is 5.11 Å². The van der Waals surface area contributed by atoms with Gasteiger partial charge in [0.2, 0.25) is 0 Å². The maximum Gasteiger partial charge on any atom is 0.0580 e. The third-order valence-electron chi connectivity index (χ3n) is 5.13. The Morgan fingerprint density at radius 3 is 2.32 bits per heavy atom. The number of hydrogen-bond acceptors (Lipinski definition) is 3. The maximum absolute atomic E-state index is 10.2. The van der Waals surface area contributed by atoms with Crippen molar-refractivity contribution in [2.24, 2.45) is 11.8 Å². The highest BCUT2D eigenvalue weighted by molar-refractivity contribution is 4.83. The minimum atomic E-state index is -0.0449. The van der Waals surface area contributed by atoms with E-state index in [1.807, 2.05) is 0 Å². The molecule has 1 aliphatic carbocycles. The van der Waals surface area contributed by atoms with Crippen molar-refractivity contribution >= 4 is 0 Å². The van der Waals surface area contributed by atoms with Crippen LogP contribution in [-0.4, -0.2) is 60.3 Å². The Balaban J connectivity index is 1.74. The SMILES string of the molecule is CCCN1CCN(CC2CC(CC)CCC2O)CC1. The van der Waals surface area contributed by atoms with Crippen molar-refractivity contribution in [3.05, 3.63) is 0 Å². The van der Waals surface area contributed by atoms with Crippen LogP contribution in [0.25, 0.3) is 0 Å². The molecule has 1 aliphatic heterocycles. The summed E-state index contributed by atoms with van der Waals surface area (Å²) < 4.78 is 0. The molecule has 1 saturated carbocycles. The van der Waals surface area contributed by atoms with Crippen molar-refractivity contribution in [2.45, 2.75) is 52.1 Å². The molecule has 0 bridgehead atoms. The van der Waals surface area contributed by atoms with Gasteiger partial charge in [0.15, 0.2) is 0 Å². The Morgan fingerprint density at radius 1 is 1.00 bits per heavy atom. The number of aliphatic hydroxyl groups is 1. The van der Waals surface area contributed by atoms with Crippen LogP contribution in [0.15, 0.2) is 0 Å². The number of nitrogens with zero attached hydrogens (tertiary/aromatic N) is 2. The molecule has 3 unspecified atom stereocenters. The second-order valence-corrected chi connectivity index (χ2v) is 6.56. The fourth-order valence-electron chi connectivity index (χ4n) is 3.76. The second kappa shape index (κ2) is 7.61. The van der Waals surface area contributed by atoms with Crippen molar-refractivity contribution in [3.8, 4) is 0 Å². The van der Waals surface area contributed by atoms with Crippen molar-refractivity contribution in [1.29, 1.82) is 0 Å². The predicted octanol–water partition coefficient (Wildman–Crippen LogP) is 2.20. The molecule has 3 atom stereocenters. The lowest BCUT2D eigenvalue weighted by Gasteiger charge is -2.40. The maximum atomic E-state index is 10.2. The minimum Gasteiger partial charge on any atom is -0.393 e. The molecule has 1 N–H and O–H groups in total. The van der Waals surface area contributed by atoms with E-state index in [0.29, 0.717) is 5.92 Å². The topological polar surface area (TPSA) is 26.7 Å². The minimum absolute atomic E-state index is 0.0449. The summed E-state index contributed by atoms with van der Waals surface area (Å²) >= 11 is 0. The summed E-state index contributed by atoms with van der Waals surface area (Å²) in [6, 6.07) is 0. The fourth-order valence-corrected chi connectivity index (χ4v) is 3.76. The van der Waals surface area contributed by atoms with Crippen molar-refractivity contribution < 1.29 is 5.11 Å². The third-order valence-corrected chi connectivity index (χ3v) is 5.13. The first-order valence-electron chi connectivity index (χ1n) is 8.35. The molecule has 3 heteroatoms. The van der Waals surface area contributed by atoms with Crippen LogP contribution in [0.2, 0.25) is 0 Å². The zero-order valence-electron chi connectivity index (χ0n) is 12.9. The van der Waals surface area contributed by atoms with Crippen LogP contribution < -0.4 is 0 Å². The van der Waals surface area contributed by atoms with Gasteiger partial charge in [-0.15, -0.1) is 0 Å². The molecule has 1 saturated heterocycles. The summed E-state index contributed by atoms with van der Waals surface area (Å²) in [5.74, 6) is 1.38. The van der Waals surface area contributed by atoms with E-state index in [2.05, 4.69) is 23.6 Å². The van der Waals surface area contributed by atoms with Gasteiger partial charge < -0.3 is 14.9 Å². The molecular weight excluding hydrogens is 236 g/mol. The van der Waals surface area contributed by atoms with Gasteiger partial charge in [0, 0.05) is 32.7 Å². The molecule has 19 heavy (non-hydrogen) atoms. The summed E-state index contributed by atoms with van der Waals surface area (Å²) in [4.78, 5) is 5.15. The molecule has 0 aromatic rings. The zero-order valence-corrected chi connectivity index (χ0v) is 12.9. The van der Waals surface area contributed by atoms with Crippen LogP contribution in [0, 0.1) is 11.8 Å². The Bertz CT molecular complexity index is 251. The Morgan fingerprint density at radius 2 is 1.68 bits per heavy atom. The lowest BCUT2D eigenvalue weighted by atomic mass is 9.78. The number of rotatable bonds is 5. The number of hydrogen-bond donors (Lipinski definition) is 1. The average Bonchev–Trinajstić information content (AvgIpc) is 2.44. The van der Waals surface area contributed by atoms with Gasteiger partial charge in [-0.05, 0) is 44.1 Å². The highest BCUT2D eigenvalue weighted by Gasteiger charge is 2.30. The van der Waals surface area contributed by atoms with Gasteiger partial charge in [-0.1, -0.05) is 20.3 Å². The molecule has 1 heterocycles. The predicted molar refractivity (Wildman–Crippen MR) is 80.3 cm³/mol. The van der Waals surface area contributed by atoms with E-state index < -0.39 is 0 Å². The van der Waals surface area contributed by atoms with Gasteiger partial charge in [-0.25, -0.2) is 0 Å². The van der Waals surface area contributed by atoms with Gasteiger partial charge in [-0.2, -0.15) is 0 Å². The quantitative estimate of drug-likeness (QED) is 0.828. The summed E-state index contributed by atoms with van der Waals surface area (Å²) in [6.45, 7) is 11.7. The van der Waals surface area contributed by atoms with E-state index in [1.165, 1.54) is 58.4 Å². The van der Waals surface area contributed by atoms with Gasteiger partial charge in [-0.3, -0.25) is 0 Å². The van der Waals surface area contributed by atoms with Crippen molar-refractivity contribution in [2.75, 3.05) is 39.3 Å². The molecule has 2 fully saturated rings. The summed E-state index contributed by atoms with van der Waals surface area (Å²) in [7, 11) is 0. The smallest absolute Gasteiger partial charge is 0.0580 e. The van der Waals surface area contributed by atoms with Gasteiger partial charge in [0.05, 0.1) is 6.10 Å². The third kappa shape index (κ3) is 4.44. The Labute approximate surface area is 119 Å². The summed E-state index contributed by atoms with van der Waals surface area (Å²) in [5.41, 5.74) is 0. The Hall–Kier alpha value is -0.120. The molecule has 2 rings (SSSR count). The van der Waals surface area contributed by atoms with Crippen LogP contribution in [0.1, 0.15) is 46.0 Å². The Kier molecular flexibility index (Phi) is 6.11. The van der Waals surface area contributed by atoms with E-state index in [1.54, 1.807) is 0 Å². The number of piperazine rings is 1. The molecule has 0 spiro atoms. The first-order valence-corrected chi connectivity index (χ1v) is 8.35. The van der Waals surface area contributed by atoms with Crippen molar-refractivity contribution in [3.63, 3.8) is 0 Å².